The van der Waals surface area contributed by atoms with Crippen molar-refractivity contribution in [2.75, 3.05) is 18.2 Å². The van der Waals surface area contributed by atoms with Crippen molar-refractivity contribution in [2.24, 2.45) is 0 Å². The molecule has 0 atom stereocenters. The van der Waals surface area contributed by atoms with Gasteiger partial charge < -0.3 is 15.8 Å². The van der Waals surface area contributed by atoms with Crippen molar-refractivity contribution < 1.29 is 4.74 Å². The van der Waals surface area contributed by atoms with Gasteiger partial charge in [0.25, 0.3) is 0 Å². The average Bonchev–Trinajstić information content (AvgIpc) is 2.41. The molecule has 0 aliphatic heterocycles. The van der Waals surface area contributed by atoms with E-state index in [0.717, 1.165) is 17.0 Å². The summed E-state index contributed by atoms with van der Waals surface area (Å²) in [5.74, 6) is 0.848. The molecule has 94 valence electrons. The summed E-state index contributed by atoms with van der Waals surface area (Å²) in [6, 6.07) is 13.4. The van der Waals surface area contributed by atoms with E-state index < -0.39 is 0 Å². The highest BCUT2D eigenvalue weighted by molar-refractivity contribution is 6.33. The van der Waals surface area contributed by atoms with E-state index in [9.17, 15) is 0 Å². The third kappa shape index (κ3) is 2.87. The Morgan fingerprint density at radius 2 is 1.89 bits per heavy atom. The van der Waals surface area contributed by atoms with Crippen LogP contribution in [0.2, 0.25) is 5.02 Å². The lowest BCUT2D eigenvalue weighted by molar-refractivity contribution is 0.414. The Bertz CT molecular complexity index is 526. The zero-order valence-corrected chi connectivity index (χ0v) is 10.9. The highest BCUT2D eigenvalue weighted by atomic mass is 35.5. The lowest BCUT2D eigenvalue weighted by atomic mass is 10.2. The Balaban J connectivity index is 2.04. The maximum absolute atomic E-state index is 5.95. The molecule has 0 unspecified atom stereocenters. The molecular formula is C14H15ClN2O. The van der Waals surface area contributed by atoms with Crippen molar-refractivity contribution in [3.63, 3.8) is 0 Å². The lowest BCUT2D eigenvalue weighted by Crippen LogP contribution is -2.02. The number of benzene rings is 2. The van der Waals surface area contributed by atoms with E-state index >= 15 is 0 Å². The molecule has 0 aliphatic rings. The number of ether oxygens (including phenoxy) is 1. The number of anilines is 2. The van der Waals surface area contributed by atoms with Crippen LogP contribution >= 0.6 is 11.6 Å². The first-order valence-corrected chi connectivity index (χ1v) is 5.99. The average molecular weight is 263 g/mol. The highest BCUT2D eigenvalue weighted by Crippen LogP contribution is 2.27. The molecule has 0 saturated carbocycles. The van der Waals surface area contributed by atoms with Crippen molar-refractivity contribution in [1.82, 2.24) is 0 Å². The molecule has 0 radical (unpaired) electrons. The molecule has 3 nitrogen and oxygen atoms in total. The van der Waals surface area contributed by atoms with Gasteiger partial charge in [0, 0.05) is 6.54 Å². The fourth-order valence-electron chi connectivity index (χ4n) is 1.63. The molecule has 0 aliphatic carbocycles. The van der Waals surface area contributed by atoms with Gasteiger partial charge in [-0.05, 0) is 29.8 Å². The molecule has 0 fully saturated rings. The summed E-state index contributed by atoms with van der Waals surface area (Å²) in [6.07, 6.45) is 0. The zero-order chi connectivity index (χ0) is 13.0. The van der Waals surface area contributed by atoms with E-state index in [-0.39, 0.29) is 0 Å². The Kier molecular flexibility index (Phi) is 3.95. The molecule has 0 bridgehead atoms. The number of hydrogen-bond acceptors (Lipinski definition) is 3. The number of nitrogens with two attached hydrogens (primary N) is 1. The van der Waals surface area contributed by atoms with Gasteiger partial charge in [0.15, 0.2) is 0 Å². The minimum atomic E-state index is 0.565. The van der Waals surface area contributed by atoms with Gasteiger partial charge in [-0.15, -0.1) is 0 Å². The number of hydrogen-bond donors (Lipinski definition) is 2. The normalized spacial score (nSPS) is 10.1. The van der Waals surface area contributed by atoms with Crippen molar-refractivity contribution in [3.05, 3.63) is 53.1 Å². The number of halogens is 1. The van der Waals surface area contributed by atoms with E-state index in [4.69, 9.17) is 22.1 Å². The predicted molar refractivity (Wildman–Crippen MR) is 76.2 cm³/mol. The number of nitrogen functional groups attached to an aromatic ring is 1. The van der Waals surface area contributed by atoms with Crippen LogP contribution in [0.1, 0.15) is 5.56 Å². The van der Waals surface area contributed by atoms with Crippen LogP contribution in [0.3, 0.4) is 0 Å². The third-order valence-electron chi connectivity index (χ3n) is 2.69. The second-order valence-corrected chi connectivity index (χ2v) is 4.31. The summed E-state index contributed by atoms with van der Waals surface area (Å²) in [6.45, 7) is 0.689. The Labute approximate surface area is 112 Å². The van der Waals surface area contributed by atoms with E-state index in [1.807, 2.05) is 36.4 Å². The monoisotopic (exact) mass is 262 g/mol. The minimum Gasteiger partial charge on any atom is -0.497 e. The second-order valence-electron chi connectivity index (χ2n) is 3.90. The first-order valence-electron chi connectivity index (χ1n) is 5.61. The van der Waals surface area contributed by atoms with E-state index in [2.05, 4.69) is 5.32 Å². The summed E-state index contributed by atoms with van der Waals surface area (Å²) >= 11 is 5.95. The van der Waals surface area contributed by atoms with Crippen LogP contribution in [0, 0.1) is 0 Å². The predicted octanol–water partition coefficient (Wildman–Crippen LogP) is 3.54. The van der Waals surface area contributed by atoms with Gasteiger partial charge in [-0.25, -0.2) is 0 Å². The molecule has 4 heteroatoms. The van der Waals surface area contributed by atoms with Gasteiger partial charge in [-0.3, -0.25) is 0 Å². The fraction of sp³-hybridized carbons (Fsp3) is 0.143. The van der Waals surface area contributed by atoms with Crippen molar-refractivity contribution in [1.29, 1.82) is 0 Å². The smallest absolute Gasteiger partial charge is 0.118 e. The molecule has 0 spiro atoms. The molecule has 3 N–H and O–H groups in total. The van der Waals surface area contributed by atoms with Crippen LogP contribution in [0.5, 0.6) is 5.75 Å². The molecular weight excluding hydrogens is 248 g/mol. The van der Waals surface area contributed by atoms with Crippen LogP contribution in [-0.2, 0) is 6.54 Å². The number of para-hydroxylation sites is 1. The Hall–Kier alpha value is -1.87. The number of methoxy groups -OCH3 is 1. The third-order valence-corrected chi connectivity index (χ3v) is 3.02. The molecule has 2 aromatic rings. The SMILES string of the molecule is COc1ccc(CNc2cccc(Cl)c2N)cc1. The van der Waals surface area contributed by atoms with Crippen molar-refractivity contribution >= 4 is 23.0 Å². The molecule has 18 heavy (non-hydrogen) atoms. The molecule has 0 aromatic heterocycles. The lowest BCUT2D eigenvalue weighted by Gasteiger charge is -2.10. The van der Waals surface area contributed by atoms with Crippen molar-refractivity contribution in [2.45, 2.75) is 6.54 Å². The quantitative estimate of drug-likeness (QED) is 0.829. The van der Waals surface area contributed by atoms with Gasteiger partial charge in [0.1, 0.15) is 5.75 Å². The van der Waals surface area contributed by atoms with E-state index in [0.29, 0.717) is 17.3 Å². The van der Waals surface area contributed by atoms with Gasteiger partial charge in [0.2, 0.25) is 0 Å². The summed E-state index contributed by atoms with van der Waals surface area (Å²) in [4.78, 5) is 0. The number of rotatable bonds is 4. The van der Waals surface area contributed by atoms with Gasteiger partial charge in [-0.1, -0.05) is 29.8 Å². The molecule has 2 rings (SSSR count). The van der Waals surface area contributed by atoms with E-state index in [1.54, 1.807) is 13.2 Å². The standard InChI is InChI=1S/C14H15ClN2O/c1-18-11-7-5-10(6-8-11)9-17-13-4-2-3-12(15)14(13)16/h2-8,17H,9,16H2,1H3. The van der Waals surface area contributed by atoms with Crippen LogP contribution in [0.15, 0.2) is 42.5 Å². The summed E-state index contributed by atoms with van der Waals surface area (Å²) in [7, 11) is 1.65. The van der Waals surface area contributed by atoms with Crippen LogP contribution in [-0.4, -0.2) is 7.11 Å². The second kappa shape index (κ2) is 5.65. The highest BCUT2D eigenvalue weighted by Gasteiger charge is 2.02. The Morgan fingerprint density at radius 1 is 1.17 bits per heavy atom. The summed E-state index contributed by atoms with van der Waals surface area (Å²) in [5.41, 5.74) is 8.45. The largest absolute Gasteiger partial charge is 0.497 e. The maximum Gasteiger partial charge on any atom is 0.118 e. The van der Waals surface area contributed by atoms with Crippen molar-refractivity contribution in [3.8, 4) is 5.75 Å². The Morgan fingerprint density at radius 3 is 2.56 bits per heavy atom. The summed E-state index contributed by atoms with van der Waals surface area (Å²) < 4.78 is 5.11. The van der Waals surface area contributed by atoms with E-state index in [1.165, 1.54) is 0 Å². The van der Waals surface area contributed by atoms with Gasteiger partial charge in [0.05, 0.1) is 23.5 Å². The topological polar surface area (TPSA) is 47.3 Å². The maximum atomic E-state index is 5.95. The first kappa shape index (κ1) is 12.6. The molecule has 0 saturated heterocycles. The zero-order valence-electron chi connectivity index (χ0n) is 10.1. The van der Waals surface area contributed by atoms with Gasteiger partial charge >= 0.3 is 0 Å². The molecule has 0 amide bonds. The van der Waals surface area contributed by atoms with Crippen LogP contribution < -0.4 is 15.8 Å². The number of nitrogens with one attached hydrogen (secondary N) is 1. The van der Waals surface area contributed by atoms with Gasteiger partial charge in [-0.2, -0.15) is 0 Å². The molecule has 2 aromatic carbocycles. The summed E-state index contributed by atoms with van der Waals surface area (Å²) in [5, 5.41) is 3.82. The van der Waals surface area contributed by atoms with Crippen LogP contribution in [0.25, 0.3) is 0 Å². The van der Waals surface area contributed by atoms with Crippen LogP contribution in [0.4, 0.5) is 11.4 Å². The fourth-order valence-corrected chi connectivity index (χ4v) is 1.81. The molecule has 0 heterocycles. The first-order chi connectivity index (χ1) is 8.70. The minimum absolute atomic E-state index is 0.565.